The molecule has 1 saturated heterocycles. The molecule has 158 valence electrons. The van der Waals surface area contributed by atoms with Crippen LogP contribution < -0.4 is 15.5 Å². The van der Waals surface area contributed by atoms with Crippen LogP contribution in [0.2, 0.25) is 0 Å². The van der Waals surface area contributed by atoms with Crippen molar-refractivity contribution in [3.05, 3.63) is 60.2 Å². The number of nitrogens with one attached hydrogen (secondary N) is 2. The normalized spacial score (nSPS) is 15.0. The van der Waals surface area contributed by atoms with Gasteiger partial charge >= 0.3 is 0 Å². The fourth-order valence-electron chi connectivity index (χ4n) is 3.22. The summed E-state index contributed by atoms with van der Waals surface area (Å²) in [5.74, 6) is 2.89. The van der Waals surface area contributed by atoms with Crippen LogP contribution >= 0.6 is 24.0 Å². The maximum atomic E-state index is 5.40. The lowest BCUT2D eigenvalue weighted by Gasteiger charge is -2.34. The third-order valence-corrected chi connectivity index (χ3v) is 4.81. The summed E-state index contributed by atoms with van der Waals surface area (Å²) in [5, 5.41) is 7.01. The number of pyridine rings is 1. The largest absolute Gasteiger partial charge is 0.469 e. The first-order valence-electron chi connectivity index (χ1n) is 9.99. The average Bonchev–Trinajstić information content (AvgIpc) is 3.21. The monoisotopic (exact) mass is 509 g/mol. The number of aromatic nitrogens is 1. The smallest absolute Gasteiger partial charge is 0.191 e. The molecule has 0 spiro atoms. The Labute approximate surface area is 190 Å². The summed E-state index contributed by atoms with van der Waals surface area (Å²) in [7, 11) is 0. The summed E-state index contributed by atoms with van der Waals surface area (Å²) >= 11 is 0. The molecular formula is C22H32IN5O. The third kappa shape index (κ3) is 7.72. The summed E-state index contributed by atoms with van der Waals surface area (Å²) in [6.07, 6.45) is 6.59. The van der Waals surface area contributed by atoms with Gasteiger partial charge in [-0.1, -0.05) is 18.2 Å². The molecule has 0 radical (unpaired) electrons. The Morgan fingerprint density at radius 3 is 2.72 bits per heavy atom. The Kier molecular flexibility index (Phi) is 9.50. The number of hydrogen-bond donors (Lipinski definition) is 2. The van der Waals surface area contributed by atoms with Crippen molar-refractivity contribution in [3.63, 3.8) is 0 Å². The number of rotatable bonds is 7. The second-order valence-electron chi connectivity index (χ2n) is 7.48. The number of aliphatic imine (C=N–C) groups is 1. The minimum absolute atomic E-state index is 0. The summed E-state index contributed by atoms with van der Waals surface area (Å²) in [6.45, 7) is 11.4. The predicted octanol–water partition coefficient (Wildman–Crippen LogP) is 3.92. The number of guanidine groups is 1. The molecule has 1 aliphatic heterocycles. The van der Waals surface area contributed by atoms with Crippen LogP contribution in [0.4, 0.5) is 5.82 Å². The Bertz CT molecular complexity index is 765. The van der Waals surface area contributed by atoms with Crippen molar-refractivity contribution < 1.29 is 4.42 Å². The molecule has 0 amide bonds. The van der Waals surface area contributed by atoms with Gasteiger partial charge in [-0.2, -0.15) is 0 Å². The minimum atomic E-state index is 0. The number of piperidine rings is 1. The first kappa shape index (κ1) is 23.3. The van der Waals surface area contributed by atoms with Gasteiger partial charge in [0.05, 0.1) is 12.8 Å². The van der Waals surface area contributed by atoms with Crippen LogP contribution in [0.1, 0.15) is 31.1 Å². The van der Waals surface area contributed by atoms with Crippen molar-refractivity contribution in [1.29, 1.82) is 0 Å². The van der Waals surface area contributed by atoms with Crippen molar-refractivity contribution in [1.82, 2.24) is 15.6 Å². The molecule has 2 N–H and O–H groups in total. The van der Waals surface area contributed by atoms with Crippen LogP contribution in [-0.2, 0) is 6.42 Å². The number of hydrogen-bond acceptors (Lipinski definition) is 4. The lowest BCUT2D eigenvalue weighted by atomic mass is 10.1. The lowest BCUT2D eigenvalue weighted by molar-refractivity contribution is 0.458. The quantitative estimate of drug-likeness (QED) is 0.257. The number of anilines is 1. The Morgan fingerprint density at radius 2 is 2.10 bits per heavy atom. The van der Waals surface area contributed by atoms with Gasteiger partial charge in [0.15, 0.2) is 5.96 Å². The van der Waals surface area contributed by atoms with Gasteiger partial charge in [-0.05, 0) is 50.5 Å². The van der Waals surface area contributed by atoms with E-state index < -0.39 is 0 Å². The molecule has 0 saturated carbocycles. The second kappa shape index (κ2) is 11.8. The molecule has 2 aromatic rings. The minimum Gasteiger partial charge on any atom is -0.469 e. The average molecular weight is 509 g/mol. The summed E-state index contributed by atoms with van der Waals surface area (Å²) < 4.78 is 5.40. The van der Waals surface area contributed by atoms with E-state index in [0.29, 0.717) is 12.6 Å². The highest BCUT2D eigenvalue weighted by Gasteiger charge is 2.21. The molecular weight excluding hydrogens is 477 g/mol. The molecule has 7 heteroatoms. The third-order valence-electron chi connectivity index (χ3n) is 4.81. The fraction of sp³-hybridized carbons (Fsp3) is 0.455. The van der Waals surface area contributed by atoms with Gasteiger partial charge in [-0.15, -0.1) is 24.0 Å². The molecule has 0 unspecified atom stereocenters. The van der Waals surface area contributed by atoms with Crippen LogP contribution in [0.5, 0.6) is 0 Å². The van der Waals surface area contributed by atoms with E-state index in [1.165, 1.54) is 5.56 Å². The molecule has 0 aromatic carbocycles. The topological polar surface area (TPSA) is 65.7 Å². The molecule has 0 aliphatic carbocycles. The van der Waals surface area contributed by atoms with Gasteiger partial charge in [0.1, 0.15) is 11.6 Å². The number of aryl methyl sites for hydroxylation is 1. The number of halogens is 1. The van der Waals surface area contributed by atoms with Crippen LogP contribution in [0.3, 0.4) is 0 Å². The standard InChI is InChI=1S/C22H31N5O.HI/c1-17(2)15-25-22(23-11-8-20-5-4-14-28-20)26-19-9-12-27(13-10-19)21-7-6-18(3)16-24-21;/h4-7,14,16,19H,1,8-13,15H2,2-3H3,(H2,23,25,26);1H. The summed E-state index contributed by atoms with van der Waals surface area (Å²) in [4.78, 5) is 11.6. The van der Waals surface area contributed by atoms with E-state index in [4.69, 9.17) is 4.42 Å². The van der Waals surface area contributed by atoms with E-state index in [1.807, 2.05) is 25.3 Å². The predicted molar refractivity (Wildman–Crippen MR) is 130 cm³/mol. The highest BCUT2D eigenvalue weighted by atomic mass is 127. The van der Waals surface area contributed by atoms with Crippen LogP contribution in [-0.4, -0.2) is 43.2 Å². The molecule has 1 fully saturated rings. The molecule has 0 atom stereocenters. The fourth-order valence-corrected chi connectivity index (χ4v) is 3.22. The van der Waals surface area contributed by atoms with E-state index in [0.717, 1.165) is 62.0 Å². The van der Waals surface area contributed by atoms with E-state index in [9.17, 15) is 0 Å². The van der Waals surface area contributed by atoms with Gasteiger partial charge in [0, 0.05) is 38.3 Å². The van der Waals surface area contributed by atoms with E-state index in [-0.39, 0.29) is 24.0 Å². The summed E-state index contributed by atoms with van der Waals surface area (Å²) in [6, 6.07) is 8.55. The van der Waals surface area contributed by atoms with E-state index in [2.05, 4.69) is 51.1 Å². The highest BCUT2D eigenvalue weighted by Crippen LogP contribution is 2.18. The maximum absolute atomic E-state index is 5.40. The lowest BCUT2D eigenvalue weighted by Crippen LogP contribution is -2.49. The number of nitrogens with zero attached hydrogens (tertiary/aromatic N) is 3. The molecule has 1 aliphatic rings. The van der Waals surface area contributed by atoms with Crippen LogP contribution in [0.25, 0.3) is 0 Å². The summed E-state index contributed by atoms with van der Waals surface area (Å²) in [5.41, 5.74) is 2.24. The first-order valence-corrected chi connectivity index (χ1v) is 9.99. The molecule has 3 rings (SSSR count). The van der Waals surface area contributed by atoms with Gasteiger partial charge in [-0.25, -0.2) is 9.98 Å². The SMILES string of the molecule is C=C(C)CN=C(NCCc1ccco1)NC1CCN(c2ccc(C)cn2)CC1.I. The molecule has 29 heavy (non-hydrogen) atoms. The Morgan fingerprint density at radius 1 is 1.31 bits per heavy atom. The molecule has 3 heterocycles. The van der Waals surface area contributed by atoms with Crippen molar-refractivity contribution in [2.75, 3.05) is 31.1 Å². The Balaban J connectivity index is 0.00000300. The molecule has 6 nitrogen and oxygen atoms in total. The maximum Gasteiger partial charge on any atom is 0.191 e. The van der Waals surface area contributed by atoms with Crippen molar-refractivity contribution >= 4 is 35.8 Å². The van der Waals surface area contributed by atoms with Crippen LogP contribution in [0, 0.1) is 6.92 Å². The zero-order chi connectivity index (χ0) is 19.8. The van der Waals surface area contributed by atoms with Gasteiger partial charge in [-0.3, -0.25) is 0 Å². The van der Waals surface area contributed by atoms with Crippen molar-refractivity contribution in [3.8, 4) is 0 Å². The Hall–Kier alpha value is -2.03. The van der Waals surface area contributed by atoms with Crippen LogP contribution in [0.15, 0.2) is 58.3 Å². The van der Waals surface area contributed by atoms with Gasteiger partial charge < -0.3 is 20.0 Å². The molecule has 0 bridgehead atoms. The second-order valence-corrected chi connectivity index (χ2v) is 7.48. The van der Waals surface area contributed by atoms with Crippen molar-refractivity contribution in [2.45, 2.75) is 39.2 Å². The zero-order valence-corrected chi connectivity index (χ0v) is 19.7. The van der Waals surface area contributed by atoms with E-state index in [1.54, 1.807) is 6.26 Å². The highest BCUT2D eigenvalue weighted by molar-refractivity contribution is 14.0. The van der Waals surface area contributed by atoms with Gasteiger partial charge in [0.25, 0.3) is 0 Å². The zero-order valence-electron chi connectivity index (χ0n) is 17.4. The van der Waals surface area contributed by atoms with E-state index >= 15 is 0 Å². The van der Waals surface area contributed by atoms with Gasteiger partial charge in [0.2, 0.25) is 0 Å². The first-order chi connectivity index (χ1) is 13.6. The number of furan rings is 1. The van der Waals surface area contributed by atoms with Crippen molar-refractivity contribution in [2.24, 2.45) is 4.99 Å². The molecule has 2 aromatic heterocycles.